The van der Waals surface area contributed by atoms with E-state index in [0.717, 1.165) is 25.7 Å². The second kappa shape index (κ2) is 6.68. The van der Waals surface area contributed by atoms with Crippen molar-refractivity contribution in [1.29, 1.82) is 0 Å². The van der Waals surface area contributed by atoms with Crippen molar-refractivity contribution in [2.45, 2.75) is 37.8 Å². The molecule has 6 heteroatoms. The fourth-order valence-electron chi connectivity index (χ4n) is 2.77. The summed E-state index contributed by atoms with van der Waals surface area (Å²) in [6, 6.07) is 7.52. The number of benzene rings is 1. The Morgan fingerprint density at radius 2 is 1.82 bits per heavy atom. The Kier molecular flexibility index (Phi) is 4.46. The van der Waals surface area contributed by atoms with Crippen LogP contribution in [-0.4, -0.2) is 37.1 Å². The van der Waals surface area contributed by atoms with Crippen LogP contribution >= 0.6 is 0 Å². The Balaban J connectivity index is 1.44. The third-order valence-electron chi connectivity index (χ3n) is 3.95. The van der Waals surface area contributed by atoms with E-state index in [1.165, 1.54) is 0 Å². The van der Waals surface area contributed by atoms with Crippen LogP contribution in [0.4, 0.5) is 0 Å². The zero-order chi connectivity index (χ0) is 15.4. The largest absolute Gasteiger partial charge is 0.486 e. The lowest BCUT2D eigenvalue weighted by Gasteiger charge is -2.26. The first kappa shape index (κ1) is 14.7. The quantitative estimate of drug-likeness (QED) is 0.817. The van der Waals surface area contributed by atoms with E-state index in [9.17, 15) is 9.59 Å². The van der Waals surface area contributed by atoms with Gasteiger partial charge in [0.2, 0.25) is 0 Å². The van der Waals surface area contributed by atoms with Crippen LogP contribution in [0.2, 0.25) is 0 Å². The molecule has 6 nitrogen and oxygen atoms in total. The number of hydrogen-bond acceptors (Lipinski definition) is 4. The van der Waals surface area contributed by atoms with E-state index in [2.05, 4.69) is 10.6 Å². The lowest BCUT2D eigenvalue weighted by atomic mass is 10.2. The van der Waals surface area contributed by atoms with Gasteiger partial charge >= 0.3 is 11.8 Å². The Labute approximate surface area is 129 Å². The number of ether oxygens (including phenoxy) is 2. The topological polar surface area (TPSA) is 76.7 Å². The maximum Gasteiger partial charge on any atom is 0.309 e. The molecule has 0 aromatic heterocycles. The molecule has 1 aliphatic carbocycles. The summed E-state index contributed by atoms with van der Waals surface area (Å²) in [6.07, 6.45) is 3.83. The number of carbonyl (C=O) groups is 2. The summed E-state index contributed by atoms with van der Waals surface area (Å²) in [5.74, 6) is 0.172. The van der Waals surface area contributed by atoms with Gasteiger partial charge in [0.25, 0.3) is 0 Å². The molecule has 1 atom stereocenters. The first-order valence-electron chi connectivity index (χ1n) is 7.69. The van der Waals surface area contributed by atoms with E-state index in [-0.39, 0.29) is 18.7 Å². The molecule has 1 unspecified atom stereocenters. The smallest absolute Gasteiger partial charge is 0.309 e. The molecule has 2 aliphatic rings. The average molecular weight is 304 g/mol. The zero-order valence-corrected chi connectivity index (χ0v) is 12.3. The summed E-state index contributed by atoms with van der Waals surface area (Å²) in [7, 11) is 0. The Morgan fingerprint density at radius 1 is 1.09 bits per heavy atom. The highest BCUT2D eigenvalue weighted by Crippen LogP contribution is 2.30. The van der Waals surface area contributed by atoms with Gasteiger partial charge in [0.05, 0.1) is 6.54 Å². The van der Waals surface area contributed by atoms with Crippen LogP contribution in [0.5, 0.6) is 11.5 Å². The molecule has 0 radical (unpaired) electrons. The third kappa shape index (κ3) is 3.50. The Morgan fingerprint density at radius 3 is 2.59 bits per heavy atom. The first-order valence-corrected chi connectivity index (χ1v) is 7.69. The van der Waals surface area contributed by atoms with Gasteiger partial charge in [-0.3, -0.25) is 9.59 Å². The van der Waals surface area contributed by atoms with E-state index in [4.69, 9.17) is 9.47 Å². The maximum atomic E-state index is 11.8. The summed E-state index contributed by atoms with van der Waals surface area (Å²) in [4.78, 5) is 23.6. The van der Waals surface area contributed by atoms with Gasteiger partial charge in [-0.2, -0.15) is 0 Å². The molecule has 1 saturated carbocycles. The molecule has 0 spiro atoms. The molecule has 22 heavy (non-hydrogen) atoms. The highest BCUT2D eigenvalue weighted by atomic mass is 16.6. The number of hydrogen-bond donors (Lipinski definition) is 2. The van der Waals surface area contributed by atoms with Crippen LogP contribution in [0.3, 0.4) is 0 Å². The summed E-state index contributed by atoms with van der Waals surface area (Å²) in [6.45, 7) is 0.590. The van der Waals surface area contributed by atoms with Gasteiger partial charge in [0.15, 0.2) is 11.5 Å². The van der Waals surface area contributed by atoms with Crippen molar-refractivity contribution in [3.05, 3.63) is 24.3 Å². The van der Waals surface area contributed by atoms with E-state index >= 15 is 0 Å². The van der Waals surface area contributed by atoms with E-state index in [1.807, 2.05) is 24.3 Å². The predicted octanol–water partition coefficient (Wildman–Crippen LogP) is 1.00. The van der Waals surface area contributed by atoms with Gasteiger partial charge in [-0.25, -0.2) is 0 Å². The van der Waals surface area contributed by atoms with E-state index < -0.39 is 11.8 Å². The van der Waals surface area contributed by atoms with Crippen molar-refractivity contribution in [3.63, 3.8) is 0 Å². The second-order valence-electron chi connectivity index (χ2n) is 5.66. The standard InChI is InChI=1S/C16H20N2O4/c19-15(16(20)18-11-5-1-2-6-11)17-9-12-10-21-13-7-3-4-8-14(13)22-12/h3-4,7-8,11-12H,1-2,5-6,9-10H2,(H,17,19)(H,18,20). The Bertz CT molecular complexity index is 555. The SMILES string of the molecule is O=C(NCC1COc2ccccc2O1)C(=O)NC1CCCC1. The normalized spacial score (nSPS) is 20.5. The van der Waals surface area contributed by atoms with Crippen LogP contribution in [-0.2, 0) is 9.59 Å². The number of rotatable bonds is 3. The Hall–Kier alpha value is -2.24. The van der Waals surface area contributed by atoms with Crippen LogP contribution in [0.1, 0.15) is 25.7 Å². The second-order valence-corrected chi connectivity index (χ2v) is 5.66. The highest BCUT2D eigenvalue weighted by molar-refractivity contribution is 6.35. The van der Waals surface area contributed by atoms with Gasteiger partial charge in [-0.05, 0) is 25.0 Å². The first-order chi connectivity index (χ1) is 10.7. The molecule has 118 valence electrons. The molecule has 1 fully saturated rings. The van der Waals surface area contributed by atoms with E-state index in [0.29, 0.717) is 18.1 Å². The summed E-state index contributed by atoms with van der Waals surface area (Å²) in [5, 5.41) is 5.36. The minimum atomic E-state index is -0.616. The lowest BCUT2D eigenvalue weighted by Crippen LogP contribution is -2.47. The van der Waals surface area contributed by atoms with Gasteiger partial charge < -0.3 is 20.1 Å². The molecular formula is C16H20N2O4. The fraction of sp³-hybridized carbons (Fsp3) is 0.500. The maximum absolute atomic E-state index is 11.8. The molecule has 1 heterocycles. The summed E-state index contributed by atoms with van der Waals surface area (Å²) >= 11 is 0. The third-order valence-corrected chi connectivity index (χ3v) is 3.95. The van der Waals surface area contributed by atoms with Crippen molar-refractivity contribution in [2.24, 2.45) is 0 Å². The van der Waals surface area contributed by atoms with Crippen molar-refractivity contribution in [2.75, 3.05) is 13.2 Å². The zero-order valence-electron chi connectivity index (χ0n) is 12.3. The lowest BCUT2D eigenvalue weighted by molar-refractivity contribution is -0.139. The number of para-hydroxylation sites is 2. The van der Waals surface area contributed by atoms with Crippen molar-refractivity contribution in [3.8, 4) is 11.5 Å². The van der Waals surface area contributed by atoms with Crippen LogP contribution < -0.4 is 20.1 Å². The van der Waals surface area contributed by atoms with Crippen molar-refractivity contribution < 1.29 is 19.1 Å². The van der Waals surface area contributed by atoms with Gasteiger partial charge in [-0.15, -0.1) is 0 Å². The summed E-state index contributed by atoms with van der Waals surface area (Å²) < 4.78 is 11.3. The number of nitrogens with one attached hydrogen (secondary N) is 2. The van der Waals surface area contributed by atoms with Crippen molar-refractivity contribution >= 4 is 11.8 Å². The van der Waals surface area contributed by atoms with E-state index in [1.54, 1.807) is 0 Å². The van der Waals surface area contributed by atoms with Crippen LogP contribution in [0.25, 0.3) is 0 Å². The van der Waals surface area contributed by atoms with Crippen molar-refractivity contribution in [1.82, 2.24) is 10.6 Å². The molecule has 2 amide bonds. The number of carbonyl (C=O) groups excluding carboxylic acids is 2. The minimum absolute atomic E-state index is 0.138. The van der Waals surface area contributed by atoms with Gasteiger partial charge in [0, 0.05) is 6.04 Å². The molecule has 3 rings (SSSR count). The van der Waals surface area contributed by atoms with Crippen LogP contribution in [0.15, 0.2) is 24.3 Å². The number of fused-ring (bicyclic) bond motifs is 1. The molecule has 0 saturated heterocycles. The monoisotopic (exact) mass is 304 g/mol. The average Bonchev–Trinajstić information content (AvgIpc) is 3.05. The molecular weight excluding hydrogens is 284 g/mol. The molecule has 2 N–H and O–H groups in total. The molecule has 1 aromatic rings. The van der Waals surface area contributed by atoms with Gasteiger partial charge in [0.1, 0.15) is 12.7 Å². The highest BCUT2D eigenvalue weighted by Gasteiger charge is 2.24. The van der Waals surface area contributed by atoms with Gasteiger partial charge in [-0.1, -0.05) is 25.0 Å². The summed E-state index contributed by atoms with van der Waals surface area (Å²) in [5.41, 5.74) is 0. The fourth-order valence-corrected chi connectivity index (χ4v) is 2.77. The number of amides is 2. The molecule has 0 bridgehead atoms. The van der Waals surface area contributed by atoms with Crippen LogP contribution in [0, 0.1) is 0 Å². The predicted molar refractivity (Wildman–Crippen MR) is 79.8 cm³/mol. The molecule has 1 aliphatic heterocycles. The molecule has 1 aromatic carbocycles. The minimum Gasteiger partial charge on any atom is -0.486 e.